The minimum Gasteiger partial charge on any atom is -0.294 e. The molecule has 0 aromatic heterocycles. The summed E-state index contributed by atoms with van der Waals surface area (Å²) in [5, 5.41) is 0.923. The maximum atomic E-state index is 13.5. The van der Waals surface area contributed by atoms with Crippen molar-refractivity contribution in [2.45, 2.75) is 6.42 Å². The monoisotopic (exact) mass is 360 g/mol. The van der Waals surface area contributed by atoms with Crippen LogP contribution >= 0.6 is 39.1 Å². The van der Waals surface area contributed by atoms with Crippen molar-refractivity contribution >= 4 is 44.9 Å². The first-order valence-corrected chi connectivity index (χ1v) is 6.94. The van der Waals surface area contributed by atoms with E-state index in [2.05, 4.69) is 15.9 Å². The van der Waals surface area contributed by atoms with Crippen molar-refractivity contribution < 1.29 is 9.18 Å². The molecule has 0 unspecified atom stereocenters. The van der Waals surface area contributed by atoms with Gasteiger partial charge in [-0.1, -0.05) is 23.2 Å². The van der Waals surface area contributed by atoms with Gasteiger partial charge in [0.15, 0.2) is 5.78 Å². The summed E-state index contributed by atoms with van der Waals surface area (Å²) in [6, 6.07) is 9.00. The van der Waals surface area contributed by atoms with E-state index in [4.69, 9.17) is 23.2 Å². The van der Waals surface area contributed by atoms with Gasteiger partial charge in [0.1, 0.15) is 5.82 Å². The predicted octanol–water partition coefficient (Wildman–Crippen LogP) is 5.32. The first-order chi connectivity index (χ1) is 8.97. The fourth-order valence-corrected chi connectivity index (χ4v) is 2.31. The van der Waals surface area contributed by atoms with Crippen molar-refractivity contribution in [2.24, 2.45) is 0 Å². The first kappa shape index (κ1) is 14.5. The van der Waals surface area contributed by atoms with E-state index in [-0.39, 0.29) is 17.8 Å². The van der Waals surface area contributed by atoms with Crippen molar-refractivity contribution in [3.63, 3.8) is 0 Å². The largest absolute Gasteiger partial charge is 0.294 e. The molecule has 2 aromatic rings. The van der Waals surface area contributed by atoms with Gasteiger partial charge in [0.2, 0.25) is 0 Å². The molecule has 0 N–H and O–H groups in total. The molecule has 0 amide bonds. The Morgan fingerprint density at radius 3 is 2.58 bits per heavy atom. The van der Waals surface area contributed by atoms with Crippen LogP contribution in [0, 0.1) is 5.82 Å². The number of halogens is 4. The first-order valence-electron chi connectivity index (χ1n) is 5.39. The summed E-state index contributed by atoms with van der Waals surface area (Å²) in [7, 11) is 0. The third kappa shape index (κ3) is 3.56. The lowest BCUT2D eigenvalue weighted by Crippen LogP contribution is -2.05. The highest BCUT2D eigenvalue weighted by atomic mass is 79.9. The van der Waals surface area contributed by atoms with E-state index in [9.17, 15) is 9.18 Å². The molecule has 19 heavy (non-hydrogen) atoms. The van der Waals surface area contributed by atoms with Crippen LogP contribution in [0.5, 0.6) is 0 Å². The number of Topliss-reactive ketones (excluding diaryl/α,β-unsaturated/α-hetero) is 1. The molecule has 0 atom stereocenters. The number of hydrogen-bond acceptors (Lipinski definition) is 1. The molecule has 0 saturated heterocycles. The maximum Gasteiger partial charge on any atom is 0.167 e. The Kier molecular flexibility index (Phi) is 4.61. The molecule has 5 heteroatoms. The van der Waals surface area contributed by atoms with Crippen molar-refractivity contribution in [1.29, 1.82) is 0 Å². The number of carbonyl (C=O) groups excluding carboxylic acids is 1. The van der Waals surface area contributed by atoms with Crippen molar-refractivity contribution in [1.82, 2.24) is 0 Å². The summed E-state index contributed by atoms with van der Waals surface area (Å²) in [5.41, 5.74) is 0.749. The quantitative estimate of drug-likeness (QED) is 0.676. The third-order valence-corrected chi connectivity index (χ3v) is 4.05. The summed E-state index contributed by atoms with van der Waals surface area (Å²) in [6.45, 7) is 0. The molecule has 98 valence electrons. The minimum atomic E-state index is -0.439. The Balaban J connectivity index is 2.25. The van der Waals surface area contributed by atoms with Crippen LogP contribution in [-0.4, -0.2) is 5.78 Å². The molecule has 0 heterocycles. The van der Waals surface area contributed by atoms with Crippen molar-refractivity contribution in [2.75, 3.05) is 0 Å². The van der Waals surface area contributed by atoms with Crippen molar-refractivity contribution in [3.05, 3.63) is 67.9 Å². The molecule has 0 saturated carbocycles. The molecule has 0 spiro atoms. The average molecular weight is 362 g/mol. The molecular formula is C14H8BrCl2FO. The molecule has 0 aliphatic heterocycles. The number of hydrogen-bond donors (Lipinski definition) is 0. The van der Waals surface area contributed by atoms with E-state index in [0.29, 0.717) is 20.1 Å². The van der Waals surface area contributed by atoms with Crippen LogP contribution in [0.15, 0.2) is 40.9 Å². The van der Waals surface area contributed by atoms with E-state index >= 15 is 0 Å². The highest BCUT2D eigenvalue weighted by molar-refractivity contribution is 9.10. The van der Waals surface area contributed by atoms with E-state index in [1.54, 1.807) is 18.2 Å². The average Bonchev–Trinajstić information content (AvgIpc) is 2.37. The second-order valence-corrected chi connectivity index (χ2v) is 5.66. The van der Waals surface area contributed by atoms with Crippen molar-refractivity contribution in [3.8, 4) is 0 Å². The molecule has 0 aliphatic rings. The zero-order valence-electron chi connectivity index (χ0n) is 9.59. The molecule has 0 fully saturated rings. The smallest absolute Gasteiger partial charge is 0.167 e. The lowest BCUT2D eigenvalue weighted by atomic mass is 10.0. The maximum absolute atomic E-state index is 13.5. The second kappa shape index (κ2) is 6.04. The summed E-state index contributed by atoms with van der Waals surface area (Å²) in [6.07, 6.45) is -0.0412. The van der Waals surface area contributed by atoms with Crippen LogP contribution < -0.4 is 0 Å². The zero-order chi connectivity index (χ0) is 14.0. The Labute approximate surface area is 128 Å². The number of rotatable bonds is 3. The molecule has 2 aromatic carbocycles. The Bertz CT molecular complexity index is 643. The van der Waals surface area contributed by atoms with Gasteiger partial charge >= 0.3 is 0 Å². The minimum absolute atomic E-state index is 0.0412. The van der Waals surface area contributed by atoms with Crippen LogP contribution in [0.2, 0.25) is 10.0 Å². The molecule has 0 radical (unpaired) electrons. The van der Waals surface area contributed by atoms with E-state index < -0.39 is 5.82 Å². The van der Waals surface area contributed by atoms with Gasteiger partial charge in [0.05, 0.1) is 5.02 Å². The molecule has 1 nitrogen and oxygen atoms in total. The van der Waals surface area contributed by atoms with Gasteiger partial charge in [-0.15, -0.1) is 0 Å². The molecule has 0 bridgehead atoms. The van der Waals surface area contributed by atoms with E-state index in [1.807, 2.05) is 0 Å². The Hall–Kier alpha value is -0.900. The topological polar surface area (TPSA) is 17.1 Å². The van der Waals surface area contributed by atoms with Crippen LogP contribution in [0.3, 0.4) is 0 Å². The number of ketones is 1. The van der Waals surface area contributed by atoms with Gasteiger partial charge in [-0.3, -0.25) is 4.79 Å². The van der Waals surface area contributed by atoms with Gasteiger partial charge in [0.25, 0.3) is 0 Å². The zero-order valence-corrected chi connectivity index (χ0v) is 12.7. The van der Waals surface area contributed by atoms with E-state index in [0.717, 1.165) is 0 Å². The predicted molar refractivity (Wildman–Crippen MR) is 78.6 cm³/mol. The highest BCUT2D eigenvalue weighted by Gasteiger charge is 2.12. The second-order valence-electron chi connectivity index (χ2n) is 3.96. The lowest BCUT2D eigenvalue weighted by molar-refractivity contribution is 0.0992. The summed E-state index contributed by atoms with van der Waals surface area (Å²) < 4.78 is 14.2. The van der Waals surface area contributed by atoms with E-state index in [1.165, 1.54) is 18.2 Å². The summed E-state index contributed by atoms with van der Waals surface area (Å²) >= 11 is 14.9. The third-order valence-electron chi connectivity index (χ3n) is 2.60. The fourth-order valence-electron chi connectivity index (χ4n) is 1.62. The normalized spacial score (nSPS) is 10.5. The van der Waals surface area contributed by atoms with Crippen LogP contribution in [0.25, 0.3) is 0 Å². The Morgan fingerprint density at radius 1 is 1.16 bits per heavy atom. The van der Waals surface area contributed by atoms with Gasteiger partial charge < -0.3 is 0 Å². The van der Waals surface area contributed by atoms with Gasteiger partial charge in [-0.25, -0.2) is 4.39 Å². The fraction of sp³-hybridized carbons (Fsp3) is 0.0714. The van der Waals surface area contributed by atoms with Gasteiger partial charge in [-0.05, 0) is 57.9 Å². The number of benzene rings is 2. The molecule has 2 rings (SSSR count). The molecule has 0 aliphatic carbocycles. The highest BCUT2D eigenvalue weighted by Crippen LogP contribution is 2.24. The van der Waals surface area contributed by atoms with Gasteiger partial charge in [0, 0.05) is 21.5 Å². The SMILES string of the molecule is O=C(Cc1cc(Cl)ccc1F)c1ccc(Cl)c(Br)c1. The van der Waals surface area contributed by atoms with Crippen LogP contribution in [-0.2, 0) is 6.42 Å². The molecular weight excluding hydrogens is 354 g/mol. The lowest BCUT2D eigenvalue weighted by Gasteiger charge is -2.05. The number of carbonyl (C=O) groups is 1. The summed E-state index contributed by atoms with van der Waals surface area (Å²) in [5.74, 6) is -0.635. The van der Waals surface area contributed by atoms with Crippen LogP contribution in [0.1, 0.15) is 15.9 Å². The summed E-state index contributed by atoms with van der Waals surface area (Å²) in [4.78, 5) is 12.1. The van der Waals surface area contributed by atoms with Gasteiger partial charge in [-0.2, -0.15) is 0 Å². The Morgan fingerprint density at radius 2 is 1.89 bits per heavy atom. The van der Waals surface area contributed by atoms with Crippen LogP contribution in [0.4, 0.5) is 4.39 Å². The standard InChI is InChI=1S/C14H8BrCl2FO/c15-11-6-8(1-3-12(11)17)14(19)7-9-5-10(16)2-4-13(9)18/h1-6H,7H2.